The van der Waals surface area contributed by atoms with E-state index in [0.29, 0.717) is 23.6 Å². The van der Waals surface area contributed by atoms with Crippen LogP contribution in [0.2, 0.25) is 0 Å². The Bertz CT molecular complexity index is 1210. The summed E-state index contributed by atoms with van der Waals surface area (Å²) in [5.74, 6) is 0.450. The zero-order chi connectivity index (χ0) is 24.8. The Kier molecular flexibility index (Phi) is 6.32. The summed E-state index contributed by atoms with van der Waals surface area (Å²) < 4.78 is 1.81. The largest absolute Gasteiger partial charge is 0.476 e. The van der Waals surface area contributed by atoms with E-state index in [1.807, 2.05) is 28.8 Å². The Morgan fingerprint density at radius 2 is 1.61 bits per heavy atom. The number of oxime groups is 1. The second kappa shape index (κ2) is 9.61. The van der Waals surface area contributed by atoms with Gasteiger partial charge in [-0.1, -0.05) is 43.0 Å². The van der Waals surface area contributed by atoms with Crippen LogP contribution in [-0.4, -0.2) is 56.5 Å². The van der Waals surface area contributed by atoms with E-state index in [0.717, 1.165) is 30.2 Å². The summed E-state index contributed by atoms with van der Waals surface area (Å²) >= 11 is 0. The molecule has 0 radical (unpaired) electrons. The molecule has 0 amide bonds. The van der Waals surface area contributed by atoms with Crippen LogP contribution in [0.5, 0.6) is 0 Å². The van der Waals surface area contributed by atoms with Gasteiger partial charge in [0.2, 0.25) is 5.71 Å². The van der Waals surface area contributed by atoms with Crippen molar-refractivity contribution in [3.8, 4) is 0 Å². The van der Waals surface area contributed by atoms with Crippen molar-refractivity contribution in [2.24, 2.45) is 17.0 Å². The standard InChI is InChI=1S/C28H36N4O4/c1-36-30-26(28(34)35)25-27(33)32(24-9-5-4-8-23(24)29-25)22-15-19-10-11-20(16-22)31(19)21-13-17-6-2-3-7-18(12-17)14-21/h4-5,8-9,17-22H,2-3,6-7,10-16H2,1H3,(H,34,35)/b30-26-/t17-,18?,19-,20+,21?,22?/m0/s1. The first-order chi connectivity index (χ1) is 17.5. The van der Waals surface area contributed by atoms with Crippen molar-refractivity contribution in [2.75, 3.05) is 7.11 Å². The second-order valence-corrected chi connectivity index (χ2v) is 11.4. The number of piperidine rings is 1. The van der Waals surface area contributed by atoms with Crippen LogP contribution in [0.15, 0.2) is 34.2 Å². The molecule has 6 rings (SSSR count). The van der Waals surface area contributed by atoms with Gasteiger partial charge in [0.05, 0.1) is 11.0 Å². The number of nitrogens with zero attached hydrogens (tertiary/aromatic N) is 4. The zero-order valence-corrected chi connectivity index (χ0v) is 21.0. The Morgan fingerprint density at radius 3 is 2.25 bits per heavy atom. The number of rotatable bonds is 5. The van der Waals surface area contributed by atoms with E-state index < -0.39 is 17.2 Å². The molecule has 4 bridgehead atoms. The molecule has 36 heavy (non-hydrogen) atoms. The predicted octanol–water partition coefficient (Wildman–Crippen LogP) is 4.36. The number of benzene rings is 1. The number of fused-ring (bicyclic) bond motifs is 5. The first-order valence-electron chi connectivity index (χ1n) is 13.7. The van der Waals surface area contributed by atoms with Crippen LogP contribution >= 0.6 is 0 Å². The molecule has 2 saturated heterocycles. The monoisotopic (exact) mass is 492 g/mol. The van der Waals surface area contributed by atoms with E-state index in [1.165, 1.54) is 64.9 Å². The molecule has 3 heterocycles. The third-order valence-corrected chi connectivity index (χ3v) is 9.31. The quantitative estimate of drug-likeness (QED) is 0.492. The molecule has 4 aliphatic rings. The van der Waals surface area contributed by atoms with Crippen LogP contribution in [0.3, 0.4) is 0 Å². The summed E-state index contributed by atoms with van der Waals surface area (Å²) in [6, 6.07) is 9.17. The summed E-state index contributed by atoms with van der Waals surface area (Å²) in [5, 5.41) is 13.3. The fourth-order valence-electron chi connectivity index (χ4n) is 8.05. The van der Waals surface area contributed by atoms with E-state index in [-0.39, 0.29) is 11.7 Å². The first kappa shape index (κ1) is 23.6. The number of aliphatic carboxylic acids is 1. The molecule has 2 aromatic rings. The van der Waals surface area contributed by atoms with Crippen molar-refractivity contribution >= 4 is 22.7 Å². The summed E-state index contributed by atoms with van der Waals surface area (Å²) in [6.07, 6.45) is 13.9. The summed E-state index contributed by atoms with van der Waals surface area (Å²) in [6.45, 7) is 0. The number of carboxylic acids is 1. The maximum absolute atomic E-state index is 13.8. The Labute approximate surface area is 211 Å². The minimum atomic E-state index is -1.32. The minimum absolute atomic E-state index is 0.0151. The Hall–Kier alpha value is -2.74. The predicted molar refractivity (Wildman–Crippen MR) is 137 cm³/mol. The molecule has 2 aliphatic heterocycles. The number of carbonyl (C=O) groups is 1. The van der Waals surface area contributed by atoms with E-state index in [2.05, 4.69) is 15.0 Å². The van der Waals surface area contributed by atoms with Crippen LogP contribution in [0, 0.1) is 11.8 Å². The van der Waals surface area contributed by atoms with Crippen LogP contribution in [0.4, 0.5) is 0 Å². The lowest BCUT2D eigenvalue weighted by molar-refractivity contribution is -0.129. The maximum atomic E-state index is 13.8. The zero-order valence-electron chi connectivity index (χ0n) is 21.0. The number of aromatic nitrogens is 2. The Morgan fingerprint density at radius 1 is 0.944 bits per heavy atom. The lowest BCUT2D eigenvalue weighted by atomic mass is 9.76. The van der Waals surface area contributed by atoms with Crippen LogP contribution in [-0.2, 0) is 9.63 Å². The average Bonchev–Trinajstić information content (AvgIpc) is 3.02. The maximum Gasteiger partial charge on any atom is 0.360 e. The highest BCUT2D eigenvalue weighted by Crippen LogP contribution is 2.47. The SMILES string of the molecule is CO/N=C(\C(=O)O)c1nc2ccccc2n(C2C[C@H]3CC[C@@H](C2)N3C2CC3CCCC[C@@H](C3)C2)c1=O. The van der Waals surface area contributed by atoms with Crippen LogP contribution in [0.25, 0.3) is 11.0 Å². The average molecular weight is 493 g/mol. The van der Waals surface area contributed by atoms with Crippen LogP contribution in [0.1, 0.15) is 82.4 Å². The fourth-order valence-corrected chi connectivity index (χ4v) is 8.05. The topological polar surface area (TPSA) is 97.0 Å². The highest BCUT2D eigenvalue weighted by Gasteiger charge is 2.47. The van der Waals surface area contributed by atoms with E-state index in [4.69, 9.17) is 4.84 Å². The smallest absolute Gasteiger partial charge is 0.360 e. The molecule has 6 atom stereocenters. The molecule has 1 aromatic heterocycles. The van der Waals surface area contributed by atoms with Gasteiger partial charge in [0, 0.05) is 24.2 Å². The third kappa shape index (κ3) is 4.13. The van der Waals surface area contributed by atoms with Gasteiger partial charge in [-0.3, -0.25) is 9.69 Å². The van der Waals surface area contributed by atoms with Crippen molar-refractivity contribution in [1.29, 1.82) is 0 Å². The van der Waals surface area contributed by atoms with Crippen molar-refractivity contribution in [3.05, 3.63) is 40.3 Å². The Balaban J connectivity index is 1.34. The summed E-state index contributed by atoms with van der Waals surface area (Å²) in [7, 11) is 1.28. The van der Waals surface area contributed by atoms with Crippen molar-refractivity contribution in [3.63, 3.8) is 0 Å². The van der Waals surface area contributed by atoms with Gasteiger partial charge < -0.3 is 14.5 Å². The molecule has 0 spiro atoms. The lowest BCUT2D eigenvalue weighted by Crippen LogP contribution is -2.52. The van der Waals surface area contributed by atoms with Gasteiger partial charge in [0.1, 0.15) is 7.11 Å². The lowest BCUT2D eigenvalue weighted by Gasteiger charge is -2.48. The molecule has 8 heteroatoms. The van der Waals surface area contributed by atoms with Gasteiger partial charge in [0.15, 0.2) is 5.69 Å². The van der Waals surface area contributed by atoms with E-state index >= 15 is 0 Å². The van der Waals surface area contributed by atoms with Gasteiger partial charge >= 0.3 is 5.97 Å². The fraction of sp³-hybridized carbons (Fsp3) is 0.643. The van der Waals surface area contributed by atoms with Gasteiger partial charge in [-0.05, 0) is 68.9 Å². The van der Waals surface area contributed by atoms with Crippen LogP contribution < -0.4 is 5.56 Å². The molecule has 1 aromatic carbocycles. The highest BCUT2D eigenvalue weighted by atomic mass is 16.6. The number of hydrogen-bond acceptors (Lipinski definition) is 6. The van der Waals surface area contributed by atoms with Crippen molar-refractivity contribution < 1.29 is 14.7 Å². The van der Waals surface area contributed by atoms with Gasteiger partial charge in [-0.15, -0.1) is 0 Å². The molecule has 8 nitrogen and oxygen atoms in total. The van der Waals surface area contributed by atoms with Crippen molar-refractivity contribution in [1.82, 2.24) is 14.5 Å². The van der Waals surface area contributed by atoms with E-state index in [1.54, 1.807) is 0 Å². The minimum Gasteiger partial charge on any atom is -0.476 e. The molecule has 192 valence electrons. The molecule has 2 saturated carbocycles. The molecular formula is C28H36N4O4. The second-order valence-electron chi connectivity index (χ2n) is 11.4. The van der Waals surface area contributed by atoms with Gasteiger partial charge in [-0.25, -0.2) is 9.78 Å². The van der Waals surface area contributed by atoms with E-state index in [9.17, 15) is 14.7 Å². The number of hydrogen-bond donors (Lipinski definition) is 1. The molecular weight excluding hydrogens is 456 g/mol. The summed E-state index contributed by atoms with van der Waals surface area (Å²) in [4.78, 5) is 37.7. The van der Waals surface area contributed by atoms with Crippen molar-refractivity contribution in [2.45, 2.75) is 94.8 Å². The number of carboxylic acid groups (broad SMARTS) is 1. The molecule has 3 unspecified atom stereocenters. The normalized spacial score (nSPS) is 32.9. The third-order valence-electron chi connectivity index (χ3n) is 9.31. The molecule has 1 N–H and O–H groups in total. The highest BCUT2D eigenvalue weighted by molar-refractivity contribution is 6.41. The molecule has 2 aliphatic carbocycles. The van der Waals surface area contributed by atoms with Gasteiger partial charge in [-0.2, -0.15) is 0 Å². The van der Waals surface area contributed by atoms with Gasteiger partial charge in [0.25, 0.3) is 5.56 Å². The number of para-hydroxylation sites is 2. The summed E-state index contributed by atoms with van der Waals surface area (Å²) in [5.41, 5.74) is 0.355. The molecule has 4 fully saturated rings. The first-order valence-corrected chi connectivity index (χ1v) is 13.7.